The van der Waals surface area contributed by atoms with Crippen LogP contribution in [-0.4, -0.2) is 0 Å². The van der Waals surface area contributed by atoms with Crippen LogP contribution in [-0.2, 0) is 13.0 Å². The Hall–Kier alpha value is -2.95. The smallest absolute Gasteiger partial charge is 0.235 e. The number of halogens is 2. The van der Waals surface area contributed by atoms with Crippen molar-refractivity contribution in [3.05, 3.63) is 98.3 Å². The minimum absolute atomic E-state index is 0.144. The molecule has 0 saturated heterocycles. The summed E-state index contributed by atoms with van der Waals surface area (Å²) in [6, 6.07) is 17.9. The van der Waals surface area contributed by atoms with E-state index >= 15 is 0 Å². The van der Waals surface area contributed by atoms with E-state index in [0.29, 0.717) is 32.5 Å². The lowest BCUT2D eigenvalue weighted by Crippen LogP contribution is -2.06. The molecule has 0 fully saturated rings. The van der Waals surface area contributed by atoms with Gasteiger partial charge >= 0.3 is 0 Å². The Morgan fingerprint density at radius 2 is 1.77 bits per heavy atom. The van der Waals surface area contributed by atoms with Gasteiger partial charge in [0.25, 0.3) is 0 Å². The van der Waals surface area contributed by atoms with Gasteiger partial charge in [-0.05, 0) is 42.3 Å². The summed E-state index contributed by atoms with van der Waals surface area (Å²) in [6.07, 6.45) is 2.13. The third-order valence-corrected chi connectivity index (χ3v) is 5.28. The van der Waals surface area contributed by atoms with Gasteiger partial charge in [0.15, 0.2) is 0 Å². The van der Waals surface area contributed by atoms with E-state index in [1.165, 1.54) is 6.26 Å². The molecule has 0 N–H and O–H groups in total. The molecule has 0 bridgehead atoms. The SMILES string of the molecule is CCc1ccccc1Oc1coc2cc(OCc3ccc(Cl)cc3Cl)ccc2c1=O. The van der Waals surface area contributed by atoms with Crippen molar-refractivity contribution < 1.29 is 13.9 Å². The lowest BCUT2D eigenvalue weighted by molar-refractivity contribution is 0.306. The van der Waals surface area contributed by atoms with Crippen molar-refractivity contribution in [2.45, 2.75) is 20.0 Å². The Balaban J connectivity index is 1.57. The number of benzene rings is 3. The molecule has 4 rings (SSSR count). The van der Waals surface area contributed by atoms with Crippen LogP contribution in [0, 0.1) is 0 Å². The zero-order valence-electron chi connectivity index (χ0n) is 16.2. The molecule has 0 aliphatic carbocycles. The van der Waals surface area contributed by atoms with E-state index in [1.807, 2.05) is 37.3 Å². The predicted molar refractivity (Wildman–Crippen MR) is 119 cm³/mol. The average Bonchev–Trinajstić information content (AvgIpc) is 2.75. The molecule has 4 nitrogen and oxygen atoms in total. The first kappa shape index (κ1) is 20.3. The molecule has 30 heavy (non-hydrogen) atoms. The van der Waals surface area contributed by atoms with E-state index in [0.717, 1.165) is 17.5 Å². The van der Waals surface area contributed by atoms with E-state index < -0.39 is 0 Å². The van der Waals surface area contributed by atoms with Gasteiger partial charge in [0.2, 0.25) is 11.2 Å². The Morgan fingerprint density at radius 1 is 0.933 bits per heavy atom. The van der Waals surface area contributed by atoms with Gasteiger partial charge in [-0.15, -0.1) is 0 Å². The quantitative estimate of drug-likeness (QED) is 0.322. The van der Waals surface area contributed by atoms with Gasteiger partial charge in [-0.1, -0.05) is 54.4 Å². The maximum atomic E-state index is 12.8. The normalized spacial score (nSPS) is 10.9. The van der Waals surface area contributed by atoms with Crippen LogP contribution < -0.4 is 14.9 Å². The minimum Gasteiger partial charge on any atom is -0.489 e. The van der Waals surface area contributed by atoms with Crippen LogP contribution in [0.25, 0.3) is 11.0 Å². The number of para-hydroxylation sites is 1. The monoisotopic (exact) mass is 440 g/mol. The first-order valence-corrected chi connectivity index (χ1v) is 10.2. The predicted octanol–water partition coefficient (Wildman–Crippen LogP) is 7.03. The Labute approximate surface area is 183 Å². The van der Waals surface area contributed by atoms with Crippen molar-refractivity contribution in [2.24, 2.45) is 0 Å². The highest BCUT2D eigenvalue weighted by molar-refractivity contribution is 6.35. The summed E-state index contributed by atoms with van der Waals surface area (Å²) in [4.78, 5) is 12.8. The first-order valence-electron chi connectivity index (χ1n) is 9.43. The van der Waals surface area contributed by atoms with Crippen LogP contribution in [0.5, 0.6) is 17.2 Å². The fourth-order valence-electron chi connectivity index (χ4n) is 3.06. The first-order chi connectivity index (χ1) is 14.5. The van der Waals surface area contributed by atoms with Gasteiger partial charge in [-0.3, -0.25) is 4.79 Å². The summed E-state index contributed by atoms with van der Waals surface area (Å²) in [5, 5.41) is 1.51. The van der Waals surface area contributed by atoms with Crippen LogP contribution in [0.1, 0.15) is 18.1 Å². The summed E-state index contributed by atoms with van der Waals surface area (Å²) in [5.74, 6) is 1.35. The molecule has 1 heterocycles. The highest BCUT2D eigenvalue weighted by Gasteiger charge is 2.12. The molecule has 3 aromatic carbocycles. The lowest BCUT2D eigenvalue weighted by atomic mass is 10.1. The summed E-state index contributed by atoms with van der Waals surface area (Å²) < 4.78 is 17.3. The second-order valence-corrected chi connectivity index (χ2v) is 7.52. The number of hydrogen-bond donors (Lipinski definition) is 0. The molecule has 0 atom stereocenters. The van der Waals surface area contributed by atoms with Gasteiger partial charge < -0.3 is 13.9 Å². The second-order valence-electron chi connectivity index (χ2n) is 6.67. The van der Waals surface area contributed by atoms with E-state index in [9.17, 15) is 4.79 Å². The fraction of sp³-hybridized carbons (Fsp3) is 0.125. The third kappa shape index (κ3) is 4.30. The molecule has 0 unspecified atom stereocenters. The maximum absolute atomic E-state index is 12.8. The maximum Gasteiger partial charge on any atom is 0.235 e. The summed E-state index contributed by atoms with van der Waals surface area (Å²) in [5.41, 5.74) is 1.99. The lowest BCUT2D eigenvalue weighted by Gasteiger charge is -2.10. The number of hydrogen-bond acceptors (Lipinski definition) is 4. The molecule has 6 heteroatoms. The summed E-state index contributed by atoms with van der Waals surface area (Å²) >= 11 is 12.1. The Morgan fingerprint density at radius 3 is 2.57 bits per heavy atom. The van der Waals surface area contributed by atoms with E-state index in [4.69, 9.17) is 37.1 Å². The highest BCUT2D eigenvalue weighted by Crippen LogP contribution is 2.27. The van der Waals surface area contributed by atoms with Gasteiger partial charge in [-0.25, -0.2) is 0 Å². The van der Waals surface area contributed by atoms with Crippen LogP contribution in [0.3, 0.4) is 0 Å². The van der Waals surface area contributed by atoms with E-state index in [-0.39, 0.29) is 17.8 Å². The van der Waals surface area contributed by atoms with E-state index in [2.05, 4.69) is 0 Å². The molecular weight excluding hydrogens is 423 g/mol. The Bertz CT molecular complexity index is 1260. The largest absolute Gasteiger partial charge is 0.489 e. The standard InChI is InChI=1S/C24H18Cl2O4/c1-2-15-5-3-4-6-21(15)30-23-14-29-22-12-18(9-10-19(22)24(23)27)28-13-16-7-8-17(25)11-20(16)26/h3-12,14H,2,13H2,1H3. The topological polar surface area (TPSA) is 48.7 Å². The number of ether oxygens (including phenoxy) is 2. The van der Waals surface area contributed by atoms with Crippen molar-refractivity contribution in [3.8, 4) is 17.2 Å². The van der Waals surface area contributed by atoms with E-state index in [1.54, 1.807) is 30.3 Å². The minimum atomic E-state index is -0.241. The molecular formula is C24H18Cl2O4. The molecule has 0 amide bonds. The third-order valence-electron chi connectivity index (χ3n) is 4.70. The van der Waals surface area contributed by atoms with Crippen molar-refractivity contribution >= 4 is 34.2 Å². The number of rotatable bonds is 6. The fourth-order valence-corrected chi connectivity index (χ4v) is 3.53. The molecule has 0 spiro atoms. The molecule has 0 aliphatic rings. The highest BCUT2D eigenvalue weighted by atomic mass is 35.5. The molecule has 152 valence electrons. The van der Waals surface area contributed by atoms with Crippen LogP contribution in [0.2, 0.25) is 10.0 Å². The molecule has 0 saturated carbocycles. The number of aryl methyl sites for hydroxylation is 1. The van der Waals surface area contributed by atoms with Gasteiger partial charge in [0.1, 0.15) is 30.0 Å². The van der Waals surface area contributed by atoms with Crippen molar-refractivity contribution in [2.75, 3.05) is 0 Å². The van der Waals surface area contributed by atoms with Gasteiger partial charge in [0.05, 0.1) is 5.39 Å². The van der Waals surface area contributed by atoms with Crippen LogP contribution in [0.15, 0.2) is 76.1 Å². The van der Waals surface area contributed by atoms with Gasteiger partial charge in [-0.2, -0.15) is 0 Å². The molecule has 1 aromatic heterocycles. The molecule has 0 radical (unpaired) electrons. The van der Waals surface area contributed by atoms with Crippen molar-refractivity contribution in [3.63, 3.8) is 0 Å². The second kappa shape index (κ2) is 8.82. The molecule has 0 aliphatic heterocycles. The Kier molecular flexibility index (Phi) is 5.98. The average molecular weight is 441 g/mol. The summed E-state index contributed by atoms with van der Waals surface area (Å²) in [7, 11) is 0. The van der Waals surface area contributed by atoms with Crippen molar-refractivity contribution in [1.29, 1.82) is 0 Å². The van der Waals surface area contributed by atoms with Crippen molar-refractivity contribution in [1.82, 2.24) is 0 Å². The zero-order valence-corrected chi connectivity index (χ0v) is 17.7. The van der Waals surface area contributed by atoms with Crippen LogP contribution in [0.4, 0.5) is 0 Å². The van der Waals surface area contributed by atoms with Crippen LogP contribution >= 0.6 is 23.2 Å². The zero-order chi connectivity index (χ0) is 21.1. The van der Waals surface area contributed by atoms with Gasteiger partial charge in [0, 0.05) is 21.7 Å². The number of fused-ring (bicyclic) bond motifs is 1. The summed E-state index contributed by atoms with van der Waals surface area (Å²) in [6.45, 7) is 2.30. The molecule has 4 aromatic rings.